The molecule has 0 saturated carbocycles. The minimum atomic E-state index is 0.0452. The van der Waals surface area contributed by atoms with Gasteiger partial charge in [-0.15, -0.1) is 0 Å². The maximum Gasteiger partial charge on any atom is 0.222 e. The van der Waals surface area contributed by atoms with Gasteiger partial charge in [-0.3, -0.25) is 9.69 Å². The fourth-order valence-electron chi connectivity index (χ4n) is 3.04. The molecule has 1 aromatic carbocycles. The molecule has 0 spiro atoms. The molecule has 1 aliphatic heterocycles. The van der Waals surface area contributed by atoms with E-state index in [1.165, 1.54) is 5.56 Å². The zero-order valence-electron chi connectivity index (χ0n) is 14.8. The van der Waals surface area contributed by atoms with E-state index in [-0.39, 0.29) is 11.9 Å². The lowest BCUT2D eigenvalue weighted by Crippen LogP contribution is -2.49. The lowest BCUT2D eigenvalue weighted by Gasteiger charge is -2.34. The van der Waals surface area contributed by atoms with Crippen LogP contribution in [0, 0.1) is 0 Å². The number of hydrogen-bond acceptors (Lipinski definition) is 4. The van der Waals surface area contributed by atoms with Gasteiger partial charge in [0, 0.05) is 51.8 Å². The van der Waals surface area contributed by atoms with Gasteiger partial charge in [-0.2, -0.15) is 0 Å². The van der Waals surface area contributed by atoms with Gasteiger partial charge in [-0.1, -0.05) is 30.3 Å². The summed E-state index contributed by atoms with van der Waals surface area (Å²) < 4.78 is 5.39. The Labute approximate surface area is 145 Å². The smallest absolute Gasteiger partial charge is 0.222 e. The van der Waals surface area contributed by atoms with Crippen molar-refractivity contribution in [3.8, 4) is 0 Å². The van der Waals surface area contributed by atoms with E-state index in [9.17, 15) is 4.79 Å². The van der Waals surface area contributed by atoms with Gasteiger partial charge in [0.05, 0.1) is 6.61 Å². The summed E-state index contributed by atoms with van der Waals surface area (Å²) >= 11 is 0. The second-order valence-corrected chi connectivity index (χ2v) is 6.41. The number of carbonyl (C=O) groups excluding carboxylic acids is 1. The number of nitrogens with two attached hydrogens (primary N) is 1. The molecule has 0 bridgehead atoms. The predicted molar refractivity (Wildman–Crippen MR) is 96.9 cm³/mol. The number of nitrogens with zero attached hydrogens (tertiary/aromatic N) is 2. The molecule has 134 valence electrons. The number of rotatable bonds is 9. The van der Waals surface area contributed by atoms with E-state index in [2.05, 4.69) is 17.0 Å². The van der Waals surface area contributed by atoms with Crippen LogP contribution < -0.4 is 5.73 Å². The Morgan fingerprint density at radius 2 is 1.92 bits per heavy atom. The molecule has 1 aliphatic rings. The van der Waals surface area contributed by atoms with Crippen LogP contribution in [-0.4, -0.2) is 67.7 Å². The molecular weight excluding hydrogens is 302 g/mol. The monoisotopic (exact) mass is 333 g/mol. The van der Waals surface area contributed by atoms with Crippen LogP contribution in [0.2, 0.25) is 0 Å². The highest BCUT2D eigenvalue weighted by molar-refractivity contribution is 5.76. The summed E-state index contributed by atoms with van der Waals surface area (Å²) in [5.41, 5.74) is 7.42. The highest BCUT2D eigenvalue weighted by atomic mass is 16.5. The molecule has 2 N–H and O–H groups in total. The minimum absolute atomic E-state index is 0.0452. The Morgan fingerprint density at radius 3 is 2.58 bits per heavy atom. The number of benzene rings is 1. The van der Waals surface area contributed by atoms with Crippen molar-refractivity contribution in [2.75, 3.05) is 45.9 Å². The first-order valence-electron chi connectivity index (χ1n) is 9.06. The lowest BCUT2D eigenvalue weighted by atomic mass is 10.0. The predicted octanol–water partition coefficient (Wildman–Crippen LogP) is 1.52. The lowest BCUT2D eigenvalue weighted by molar-refractivity contribution is -0.133. The maximum absolute atomic E-state index is 12.3. The topological polar surface area (TPSA) is 58.8 Å². The fourth-order valence-corrected chi connectivity index (χ4v) is 3.04. The summed E-state index contributed by atoms with van der Waals surface area (Å²) in [6.07, 6.45) is 2.13. The van der Waals surface area contributed by atoms with E-state index in [1.807, 2.05) is 30.0 Å². The van der Waals surface area contributed by atoms with E-state index < -0.39 is 0 Å². The van der Waals surface area contributed by atoms with Crippen LogP contribution in [0.5, 0.6) is 0 Å². The minimum Gasteiger partial charge on any atom is -0.380 e. The van der Waals surface area contributed by atoms with E-state index >= 15 is 0 Å². The highest BCUT2D eigenvalue weighted by Gasteiger charge is 2.21. The Hall–Kier alpha value is -1.43. The molecule has 1 saturated heterocycles. The maximum atomic E-state index is 12.3. The Balaban J connectivity index is 1.63. The Morgan fingerprint density at radius 1 is 1.21 bits per heavy atom. The van der Waals surface area contributed by atoms with E-state index in [0.717, 1.165) is 58.8 Å². The normalized spacial score (nSPS) is 17.0. The van der Waals surface area contributed by atoms with Crippen molar-refractivity contribution < 1.29 is 9.53 Å². The van der Waals surface area contributed by atoms with Gasteiger partial charge in [0.2, 0.25) is 5.91 Å². The van der Waals surface area contributed by atoms with Crippen LogP contribution >= 0.6 is 0 Å². The molecular formula is C19H31N3O2. The van der Waals surface area contributed by atoms with Crippen LogP contribution in [0.15, 0.2) is 30.3 Å². The summed E-state index contributed by atoms with van der Waals surface area (Å²) in [6, 6.07) is 10.3. The second-order valence-electron chi connectivity index (χ2n) is 6.41. The SMILES string of the molecule is CCOCCN1CCN(C(=O)CC[C@H](N)Cc2ccccc2)CC1. The van der Waals surface area contributed by atoms with Crippen molar-refractivity contribution in [1.82, 2.24) is 9.80 Å². The zero-order valence-corrected chi connectivity index (χ0v) is 14.8. The first-order valence-corrected chi connectivity index (χ1v) is 9.06. The first kappa shape index (κ1) is 18.9. The van der Waals surface area contributed by atoms with Crippen molar-refractivity contribution in [3.63, 3.8) is 0 Å². The summed E-state index contributed by atoms with van der Waals surface area (Å²) in [6.45, 7) is 8.03. The van der Waals surface area contributed by atoms with Crippen LogP contribution in [-0.2, 0) is 16.0 Å². The van der Waals surface area contributed by atoms with E-state index in [0.29, 0.717) is 6.42 Å². The van der Waals surface area contributed by atoms with Gasteiger partial charge in [0.25, 0.3) is 0 Å². The third-order valence-electron chi connectivity index (χ3n) is 4.55. The summed E-state index contributed by atoms with van der Waals surface area (Å²) in [4.78, 5) is 16.7. The van der Waals surface area contributed by atoms with Gasteiger partial charge in [0.1, 0.15) is 0 Å². The average molecular weight is 333 g/mol. The number of carbonyl (C=O) groups is 1. The number of hydrogen-bond donors (Lipinski definition) is 1. The van der Waals surface area contributed by atoms with Crippen molar-refractivity contribution >= 4 is 5.91 Å². The molecule has 1 heterocycles. The molecule has 0 aliphatic carbocycles. The number of ether oxygens (including phenoxy) is 1. The van der Waals surface area contributed by atoms with E-state index in [4.69, 9.17) is 10.5 Å². The number of piperazine rings is 1. The average Bonchev–Trinajstić information content (AvgIpc) is 2.61. The zero-order chi connectivity index (χ0) is 17.2. The molecule has 1 aromatic rings. The molecule has 1 atom stereocenters. The van der Waals surface area contributed by atoms with Crippen molar-refractivity contribution in [2.45, 2.75) is 32.2 Å². The van der Waals surface area contributed by atoms with Gasteiger partial charge in [-0.05, 0) is 25.3 Å². The van der Waals surface area contributed by atoms with Gasteiger partial charge >= 0.3 is 0 Å². The standard InChI is InChI=1S/C19H31N3O2/c1-2-24-15-14-21-10-12-22(13-11-21)19(23)9-8-18(20)16-17-6-4-3-5-7-17/h3-7,18H,2,8-16,20H2,1H3/t18-/m0/s1. The largest absolute Gasteiger partial charge is 0.380 e. The van der Waals surface area contributed by atoms with Gasteiger partial charge < -0.3 is 15.4 Å². The molecule has 0 unspecified atom stereocenters. The Kier molecular flexibility index (Phi) is 8.22. The summed E-state index contributed by atoms with van der Waals surface area (Å²) in [5.74, 6) is 0.239. The molecule has 0 radical (unpaired) electrons. The second kappa shape index (κ2) is 10.4. The third kappa shape index (κ3) is 6.59. The molecule has 5 heteroatoms. The molecule has 2 rings (SSSR count). The Bertz CT molecular complexity index is 473. The van der Waals surface area contributed by atoms with Crippen LogP contribution in [0.4, 0.5) is 0 Å². The third-order valence-corrected chi connectivity index (χ3v) is 4.55. The molecule has 1 fully saturated rings. The molecule has 24 heavy (non-hydrogen) atoms. The van der Waals surface area contributed by atoms with E-state index in [1.54, 1.807) is 0 Å². The van der Waals surface area contributed by atoms with Crippen LogP contribution in [0.25, 0.3) is 0 Å². The number of amides is 1. The highest BCUT2D eigenvalue weighted by Crippen LogP contribution is 2.09. The van der Waals surface area contributed by atoms with Crippen molar-refractivity contribution in [2.24, 2.45) is 5.73 Å². The molecule has 5 nitrogen and oxygen atoms in total. The summed E-state index contributed by atoms with van der Waals surface area (Å²) in [5, 5.41) is 0. The van der Waals surface area contributed by atoms with Crippen molar-refractivity contribution in [3.05, 3.63) is 35.9 Å². The van der Waals surface area contributed by atoms with Crippen molar-refractivity contribution in [1.29, 1.82) is 0 Å². The summed E-state index contributed by atoms with van der Waals surface area (Å²) in [7, 11) is 0. The van der Waals surface area contributed by atoms with Crippen LogP contribution in [0.1, 0.15) is 25.3 Å². The van der Waals surface area contributed by atoms with Gasteiger partial charge in [-0.25, -0.2) is 0 Å². The van der Waals surface area contributed by atoms with Gasteiger partial charge in [0.15, 0.2) is 0 Å². The first-order chi connectivity index (χ1) is 11.7. The fraction of sp³-hybridized carbons (Fsp3) is 0.632. The van der Waals surface area contributed by atoms with Crippen LogP contribution in [0.3, 0.4) is 0 Å². The molecule has 1 amide bonds. The molecule has 0 aromatic heterocycles. The quantitative estimate of drug-likeness (QED) is 0.696.